The summed E-state index contributed by atoms with van der Waals surface area (Å²) in [5, 5.41) is 3.45. The van der Waals surface area contributed by atoms with Crippen LogP contribution in [0.3, 0.4) is 0 Å². The highest BCUT2D eigenvalue weighted by Crippen LogP contribution is 2.37. The molecule has 5 nitrogen and oxygen atoms in total. The second-order valence-corrected chi connectivity index (χ2v) is 6.04. The summed E-state index contributed by atoms with van der Waals surface area (Å²) in [5.41, 5.74) is 6.43. The van der Waals surface area contributed by atoms with Gasteiger partial charge in [0.15, 0.2) is 17.6 Å². The maximum Gasteiger partial charge on any atom is 0.258 e. The quantitative estimate of drug-likeness (QED) is 0.749. The van der Waals surface area contributed by atoms with Gasteiger partial charge < -0.3 is 20.5 Å². The van der Waals surface area contributed by atoms with Crippen molar-refractivity contribution in [2.24, 2.45) is 5.73 Å². The first-order chi connectivity index (χ1) is 10.0. The van der Waals surface area contributed by atoms with Crippen molar-refractivity contribution in [2.75, 3.05) is 7.11 Å². The first-order valence-electron chi connectivity index (χ1n) is 7.10. The number of halogens is 1. The Kier molecular flexibility index (Phi) is 5.47. The van der Waals surface area contributed by atoms with Gasteiger partial charge in [-0.25, -0.2) is 0 Å². The molecule has 1 amide bonds. The molecule has 1 aliphatic carbocycles. The van der Waals surface area contributed by atoms with Crippen molar-refractivity contribution < 1.29 is 14.3 Å². The molecule has 0 aliphatic heterocycles. The van der Waals surface area contributed by atoms with Crippen molar-refractivity contribution in [3.63, 3.8) is 0 Å². The third-order valence-electron chi connectivity index (χ3n) is 3.41. The Morgan fingerprint density at radius 1 is 1.52 bits per heavy atom. The first-order valence-corrected chi connectivity index (χ1v) is 7.90. The summed E-state index contributed by atoms with van der Waals surface area (Å²) in [4.78, 5) is 11.3. The fraction of sp³-hybridized carbons (Fsp3) is 0.533. The first kappa shape index (κ1) is 16.1. The summed E-state index contributed by atoms with van der Waals surface area (Å²) < 4.78 is 11.8. The number of nitrogens with one attached hydrogen (secondary N) is 1. The highest BCUT2D eigenvalue weighted by atomic mass is 79.9. The third kappa shape index (κ3) is 4.35. The van der Waals surface area contributed by atoms with Crippen molar-refractivity contribution >= 4 is 21.8 Å². The molecule has 1 fully saturated rings. The van der Waals surface area contributed by atoms with Crippen LogP contribution >= 0.6 is 15.9 Å². The Balaban J connectivity index is 2.17. The molecule has 0 bridgehead atoms. The molecule has 21 heavy (non-hydrogen) atoms. The molecule has 1 atom stereocenters. The zero-order valence-electron chi connectivity index (χ0n) is 12.3. The topological polar surface area (TPSA) is 73.6 Å². The van der Waals surface area contributed by atoms with E-state index in [4.69, 9.17) is 15.2 Å². The van der Waals surface area contributed by atoms with E-state index < -0.39 is 12.0 Å². The van der Waals surface area contributed by atoms with Crippen LogP contribution in [0.2, 0.25) is 0 Å². The average molecular weight is 357 g/mol. The highest BCUT2D eigenvalue weighted by Gasteiger charge is 2.22. The van der Waals surface area contributed by atoms with Gasteiger partial charge in [-0.3, -0.25) is 4.79 Å². The largest absolute Gasteiger partial charge is 0.493 e. The molecule has 0 aromatic heterocycles. The number of primary amides is 1. The van der Waals surface area contributed by atoms with Crippen molar-refractivity contribution in [1.29, 1.82) is 0 Å². The van der Waals surface area contributed by atoms with Crippen molar-refractivity contribution in [3.8, 4) is 11.5 Å². The number of nitrogens with two attached hydrogens (primary N) is 1. The van der Waals surface area contributed by atoms with Crippen LogP contribution in [0, 0.1) is 0 Å². The summed E-state index contributed by atoms with van der Waals surface area (Å²) in [6.07, 6.45) is 2.34. The number of carbonyl (C=O) groups excluding carboxylic acids is 1. The number of methoxy groups -OCH3 is 1. The smallest absolute Gasteiger partial charge is 0.258 e. The van der Waals surface area contributed by atoms with Gasteiger partial charge in [0.1, 0.15) is 0 Å². The molecule has 3 N–H and O–H groups in total. The molecule has 2 rings (SSSR count). The number of carbonyl (C=O) groups is 1. The van der Waals surface area contributed by atoms with E-state index >= 15 is 0 Å². The lowest BCUT2D eigenvalue weighted by molar-refractivity contribution is -0.124. The van der Waals surface area contributed by atoms with Crippen molar-refractivity contribution in [3.05, 3.63) is 22.2 Å². The van der Waals surface area contributed by atoms with E-state index in [2.05, 4.69) is 21.2 Å². The number of amides is 1. The van der Waals surface area contributed by atoms with Crippen LogP contribution in [0.4, 0.5) is 0 Å². The van der Waals surface area contributed by atoms with Gasteiger partial charge in [0.25, 0.3) is 5.91 Å². The molecule has 1 unspecified atom stereocenters. The molecule has 0 radical (unpaired) electrons. The summed E-state index contributed by atoms with van der Waals surface area (Å²) in [5.74, 6) is 0.626. The van der Waals surface area contributed by atoms with E-state index in [0.717, 1.165) is 16.6 Å². The summed E-state index contributed by atoms with van der Waals surface area (Å²) in [6, 6.07) is 4.54. The minimum Gasteiger partial charge on any atom is -0.493 e. The number of hydrogen-bond acceptors (Lipinski definition) is 4. The number of rotatable bonds is 8. The minimum atomic E-state index is -0.661. The van der Waals surface area contributed by atoms with Crippen LogP contribution in [0.15, 0.2) is 16.6 Å². The normalized spacial score (nSPS) is 15.6. The predicted octanol–water partition coefficient (Wildman–Crippen LogP) is 2.35. The summed E-state index contributed by atoms with van der Waals surface area (Å²) >= 11 is 3.48. The molecular formula is C15H21BrN2O3. The minimum absolute atomic E-state index is 0.481. The number of hydrogen-bond donors (Lipinski definition) is 2. The Morgan fingerprint density at radius 2 is 2.24 bits per heavy atom. The fourth-order valence-corrected chi connectivity index (χ4v) is 2.61. The van der Waals surface area contributed by atoms with E-state index in [1.165, 1.54) is 12.8 Å². The number of ether oxygens (including phenoxy) is 2. The molecule has 0 heterocycles. The van der Waals surface area contributed by atoms with Gasteiger partial charge in [0, 0.05) is 12.6 Å². The van der Waals surface area contributed by atoms with Crippen LogP contribution in [0.1, 0.15) is 31.7 Å². The second kappa shape index (κ2) is 7.13. The van der Waals surface area contributed by atoms with E-state index in [0.29, 0.717) is 24.0 Å². The molecule has 0 spiro atoms. The van der Waals surface area contributed by atoms with Gasteiger partial charge in [-0.15, -0.1) is 0 Å². The molecule has 116 valence electrons. The van der Waals surface area contributed by atoms with Gasteiger partial charge in [-0.1, -0.05) is 6.92 Å². The van der Waals surface area contributed by atoms with Gasteiger partial charge in [0.05, 0.1) is 11.6 Å². The van der Waals surface area contributed by atoms with E-state index in [9.17, 15) is 4.79 Å². The monoisotopic (exact) mass is 356 g/mol. The highest BCUT2D eigenvalue weighted by molar-refractivity contribution is 9.10. The zero-order chi connectivity index (χ0) is 15.4. The van der Waals surface area contributed by atoms with Crippen LogP contribution < -0.4 is 20.5 Å². The summed E-state index contributed by atoms with van der Waals surface area (Å²) in [6.45, 7) is 2.64. The average Bonchev–Trinajstić information content (AvgIpc) is 3.27. The summed E-state index contributed by atoms with van der Waals surface area (Å²) in [7, 11) is 1.58. The third-order valence-corrected chi connectivity index (χ3v) is 4.00. The van der Waals surface area contributed by atoms with Gasteiger partial charge in [-0.05, 0) is 52.9 Å². The van der Waals surface area contributed by atoms with Crippen LogP contribution in [-0.2, 0) is 11.3 Å². The maximum absolute atomic E-state index is 11.3. The van der Waals surface area contributed by atoms with E-state index in [1.807, 2.05) is 19.1 Å². The Bertz CT molecular complexity index is 518. The lowest BCUT2D eigenvalue weighted by Gasteiger charge is -2.19. The van der Waals surface area contributed by atoms with E-state index in [1.54, 1.807) is 7.11 Å². The predicted molar refractivity (Wildman–Crippen MR) is 84.5 cm³/mol. The SMILES string of the molecule is CCC(Oc1c(Br)cc(CNC2CC2)cc1OC)C(N)=O. The van der Waals surface area contributed by atoms with Gasteiger partial charge in [0.2, 0.25) is 0 Å². The lowest BCUT2D eigenvalue weighted by Crippen LogP contribution is -2.33. The lowest BCUT2D eigenvalue weighted by atomic mass is 10.2. The molecule has 1 saturated carbocycles. The van der Waals surface area contributed by atoms with Crippen molar-refractivity contribution in [1.82, 2.24) is 5.32 Å². The molecule has 6 heteroatoms. The molecule has 1 aliphatic rings. The van der Waals surface area contributed by atoms with Gasteiger partial charge in [-0.2, -0.15) is 0 Å². The molecular weight excluding hydrogens is 336 g/mol. The van der Waals surface area contributed by atoms with E-state index in [-0.39, 0.29) is 0 Å². The Morgan fingerprint density at radius 3 is 2.76 bits per heavy atom. The maximum atomic E-state index is 11.3. The fourth-order valence-electron chi connectivity index (χ4n) is 2.02. The Hall–Kier alpha value is -1.27. The van der Waals surface area contributed by atoms with Gasteiger partial charge >= 0.3 is 0 Å². The number of benzene rings is 1. The molecule has 1 aromatic rings. The zero-order valence-corrected chi connectivity index (χ0v) is 13.9. The van der Waals surface area contributed by atoms with Crippen LogP contribution in [-0.4, -0.2) is 25.2 Å². The Labute approximate surface area is 133 Å². The van der Waals surface area contributed by atoms with Crippen molar-refractivity contribution in [2.45, 2.75) is 44.9 Å². The standard InChI is InChI=1S/C15H21BrN2O3/c1-3-12(15(17)19)21-14-11(16)6-9(7-13(14)20-2)8-18-10-4-5-10/h6-7,10,12,18H,3-5,8H2,1-2H3,(H2,17,19). The molecule has 0 saturated heterocycles. The molecule has 1 aromatic carbocycles. The van der Waals surface area contributed by atoms with Crippen LogP contribution in [0.25, 0.3) is 0 Å². The van der Waals surface area contributed by atoms with Crippen LogP contribution in [0.5, 0.6) is 11.5 Å². The second-order valence-electron chi connectivity index (χ2n) is 5.18.